The van der Waals surface area contributed by atoms with Crippen molar-refractivity contribution < 1.29 is 9.26 Å². The van der Waals surface area contributed by atoms with E-state index < -0.39 is 0 Å². The molecule has 0 aliphatic heterocycles. The van der Waals surface area contributed by atoms with Gasteiger partial charge in [0.15, 0.2) is 5.82 Å². The van der Waals surface area contributed by atoms with Crippen LogP contribution < -0.4 is 0 Å². The summed E-state index contributed by atoms with van der Waals surface area (Å²) >= 11 is 0. The first-order chi connectivity index (χ1) is 6.39. The minimum absolute atomic E-state index is 0.0942. The van der Waals surface area contributed by atoms with Gasteiger partial charge in [0.05, 0.1) is 6.10 Å². The van der Waals surface area contributed by atoms with Crippen molar-refractivity contribution in [2.75, 3.05) is 0 Å². The molecule has 1 aromatic heterocycles. The number of hydrogen-bond donors (Lipinski definition) is 0. The molecule has 0 atom stereocenters. The molecule has 0 spiro atoms. The highest BCUT2D eigenvalue weighted by atomic mass is 16.5. The van der Waals surface area contributed by atoms with Crippen molar-refractivity contribution >= 4 is 0 Å². The van der Waals surface area contributed by atoms with E-state index >= 15 is 0 Å². The van der Waals surface area contributed by atoms with Crippen molar-refractivity contribution in [2.45, 2.75) is 52.7 Å². The molecule has 0 aromatic carbocycles. The van der Waals surface area contributed by atoms with Crippen molar-refractivity contribution in [3.63, 3.8) is 0 Å². The summed E-state index contributed by atoms with van der Waals surface area (Å²) in [6, 6.07) is 0. The Labute approximate surface area is 84.6 Å². The van der Waals surface area contributed by atoms with Crippen LogP contribution in [-0.2, 0) is 16.8 Å². The average Bonchev–Trinajstić information content (AvgIpc) is 2.47. The molecule has 0 aliphatic rings. The van der Waals surface area contributed by atoms with Crippen LogP contribution in [-0.4, -0.2) is 16.2 Å². The predicted molar refractivity (Wildman–Crippen MR) is 52.9 cm³/mol. The van der Waals surface area contributed by atoms with Crippen LogP contribution in [0.5, 0.6) is 0 Å². The van der Waals surface area contributed by atoms with Crippen molar-refractivity contribution in [2.24, 2.45) is 0 Å². The van der Waals surface area contributed by atoms with Gasteiger partial charge in [-0.15, -0.1) is 0 Å². The lowest BCUT2D eigenvalue weighted by Gasteiger charge is -2.10. The third-order valence-corrected chi connectivity index (χ3v) is 1.66. The molecule has 1 heterocycles. The largest absolute Gasteiger partial charge is 0.371 e. The molecule has 0 N–H and O–H groups in total. The minimum Gasteiger partial charge on any atom is -0.371 e. The Morgan fingerprint density at radius 1 is 1.36 bits per heavy atom. The summed E-state index contributed by atoms with van der Waals surface area (Å²) in [5.41, 5.74) is -0.0942. The quantitative estimate of drug-likeness (QED) is 0.747. The number of rotatable bonds is 3. The Kier molecular flexibility index (Phi) is 3.26. The van der Waals surface area contributed by atoms with Crippen LogP contribution in [0, 0.1) is 0 Å². The number of ether oxygens (including phenoxy) is 1. The van der Waals surface area contributed by atoms with Crippen LogP contribution in [0.1, 0.15) is 46.3 Å². The first-order valence-electron chi connectivity index (χ1n) is 4.84. The lowest BCUT2D eigenvalue weighted by molar-refractivity contribution is 0.0601. The summed E-state index contributed by atoms with van der Waals surface area (Å²) in [4.78, 5) is 4.25. The maximum atomic E-state index is 5.37. The predicted octanol–water partition coefficient (Wildman–Crippen LogP) is 2.29. The summed E-state index contributed by atoms with van der Waals surface area (Å²) in [5, 5.41) is 3.84. The van der Waals surface area contributed by atoms with E-state index in [0.717, 1.165) is 0 Å². The van der Waals surface area contributed by atoms with Crippen LogP contribution in [0.2, 0.25) is 0 Å². The van der Waals surface area contributed by atoms with E-state index in [1.54, 1.807) is 0 Å². The van der Waals surface area contributed by atoms with Crippen molar-refractivity contribution in [1.82, 2.24) is 10.1 Å². The fourth-order valence-corrected chi connectivity index (χ4v) is 0.858. The van der Waals surface area contributed by atoms with Gasteiger partial charge in [-0.3, -0.25) is 0 Å². The number of aromatic nitrogens is 2. The molecule has 0 bridgehead atoms. The molecule has 4 nitrogen and oxygen atoms in total. The van der Waals surface area contributed by atoms with Crippen molar-refractivity contribution in [3.8, 4) is 0 Å². The third kappa shape index (κ3) is 3.10. The van der Waals surface area contributed by atoms with Crippen molar-refractivity contribution in [3.05, 3.63) is 11.7 Å². The molecule has 14 heavy (non-hydrogen) atoms. The molecule has 0 radical (unpaired) electrons. The van der Waals surface area contributed by atoms with E-state index in [0.29, 0.717) is 18.3 Å². The molecular formula is C10H18N2O2. The van der Waals surface area contributed by atoms with Crippen LogP contribution >= 0.6 is 0 Å². The van der Waals surface area contributed by atoms with E-state index in [1.807, 2.05) is 34.6 Å². The molecule has 1 rings (SSSR count). The Hall–Kier alpha value is -0.900. The Morgan fingerprint density at radius 2 is 2.00 bits per heavy atom. The molecule has 0 amide bonds. The highest BCUT2D eigenvalue weighted by Gasteiger charge is 2.21. The zero-order chi connectivity index (χ0) is 10.8. The Morgan fingerprint density at radius 3 is 2.43 bits per heavy atom. The van der Waals surface area contributed by atoms with Crippen LogP contribution in [0.4, 0.5) is 0 Å². The molecule has 0 unspecified atom stereocenters. The molecule has 0 saturated carbocycles. The van der Waals surface area contributed by atoms with Crippen LogP contribution in [0.3, 0.4) is 0 Å². The fraction of sp³-hybridized carbons (Fsp3) is 0.800. The zero-order valence-corrected chi connectivity index (χ0v) is 9.50. The average molecular weight is 198 g/mol. The van der Waals surface area contributed by atoms with Crippen LogP contribution in [0.15, 0.2) is 4.52 Å². The summed E-state index contributed by atoms with van der Waals surface area (Å²) in [6.45, 7) is 10.5. The lowest BCUT2D eigenvalue weighted by Crippen LogP contribution is -2.11. The van der Waals surface area contributed by atoms with E-state index in [1.165, 1.54) is 0 Å². The Balaban J connectivity index is 2.60. The minimum atomic E-state index is -0.0942. The van der Waals surface area contributed by atoms with Gasteiger partial charge in [0.2, 0.25) is 5.89 Å². The van der Waals surface area contributed by atoms with Gasteiger partial charge in [-0.25, -0.2) is 0 Å². The maximum absolute atomic E-state index is 5.37. The molecule has 1 aromatic rings. The molecule has 80 valence electrons. The summed E-state index contributed by atoms with van der Waals surface area (Å²) < 4.78 is 10.5. The zero-order valence-electron chi connectivity index (χ0n) is 9.50. The second-order valence-electron chi connectivity index (χ2n) is 4.63. The van der Waals surface area contributed by atoms with Gasteiger partial charge < -0.3 is 9.26 Å². The molecule has 0 fully saturated rings. The molecular weight excluding hydrogens is 180 g/mol. The summed E-state index contributed by atoms with van der Waals surface area (Å²) in [7, 11) is 0. The SMILES string of the molecule is CC(C)OCc1noc(C(C)(C)C)n1. The number of nitrogens with zero attached hydrogens (tertiary/aromatic N) is 2. The van der Waals surface area contributed by atoms with Gasteiger partial charge in [-0.2, -0.15) is 4.98 Å². The normalized spacial score (nSPS) is 12.4. The molecule has 0 aliphatic carbocycles. The van der Waals surface area contributed by atoms with Gasteiger partial charge in [0.25, 0.3) is 0 Å². The van der Waals surface area contributed by atoms with E-state index in [9.17, 15) is 0 Å². The van der Waals surface area contributed by atoms with Gasteiger partial charge in [-0.1, -0.05) is 25.9 Å². The van der Waals surface area contributed by atoms with E-state index in [2.05, 4.69) is 10.1 Å². The molecule has 4 heteroatoms. The van der Waals surface area contributed by atoms with Gasteiger partial charge >= 0.3 is 0 Å². The highest BCUT2D eigenvalue weighted by Crippen LogP contribution is 2.19. The fourth-order valence-electron chi connectivity index (χ4n) is 0.858. The maximum Gasteiger partial charge on any atom is 0.232 e. The highest BCUT2D eigenvalue weighted by molar-refractivity contribution is 4.97. The first kappa shape index (κ1) is 11.2. The summed E-state index contributed by atoms with van der Waals surface area (Å²) in [6.07, 6.45) is 0.187. The third-order valence-electron chi connectivity index (χ3n) is 1.66. The van der Waals surface area contributed by atoms with Crippen molar-refractivity contribution in [1.29, 1.82) is 0 Å². The summed E-state index contributed by atoms with van der Waals surface area (Å²) in [5.74, 6) is 1.27. The number of hydrogen-bond acceptors (Lipinski definition) is 4. The monoisotopic (exact) mass is 198 g/mol. The molecule has 0 saturated heterocycles. The topological polar surface area (TPSA) is 48.2 Å². The Bertz CT molecular complexity index is 287. The smallest absolute Gasteiger partial charge is 0.232 e. The second kappa shape index (κ2) is 4.09. The van der Waals surface area contributed by atoms with E-state index in [-0.39, 0.29) is 11.5 Å². The van der Waals surface area contributed by atoms with Gasteiger partial charge in [-0.05, 0) is 13.8 Å². The second-order valence-corrected chi connectivity index (χ2v) is 4.63. The van der Waals surface area contributed by atoms with Gasteiger partial charge in [0, 0.05) is 5.41 Å². The van der Waals surface area contributed by atoms with Crippen LogP contribution in [0.25, 0.3) is 0 Å². The standard InChI is InChI=1S/C10H18N2O2/c1-7(2)13-6-8-11-9(14-12-8)10(3,4)5/h7H,6H2,1-5H3. The van der Waals surface area contributed by atoms with E-state index in [4.69, 9.17) is 9.26 Å². The van der Waals surface area contributed by atoms with Gasteiger partial charge in [0.1, 0.15) is 6.61 Å². The first-order valence-corrected chi connectivity index (χ1v) is 4.84. The lowest BCUT2D eigenvalue weighted by atomic mass is 9.97.